The maximum absolute atomic E-state index is 12.2. The lowest BCUT2D eigenvalue weighted by Crippen LogP contribution is -2.56. The van der Waals surface area contributed by atoms with Gasteiger partial charge in [-0.2, -0.15) is 0 Å². The number of hydrogen-bond acceptors (Lipinski definition) is 5. The first kappa shape index (κ1) is 17.7. The quantitative estimate of drug-likeness (QED) is 0.181. The number of amides is 1. The van der Waals surface area contributed by atoms with Crippen LogP contribution in [-0.4, -0.2) is 50.4 Å². The summed E-state index contributed by atoms with van der Waals surface area (Å²) in [6.45, 7) is 4.46. The molecule has 0 radical (unpaired) electrons. The van der Waals surface area contributed by atoms with Crippen LogP contribution < -0.4 is 11.1 Å². The summed E-state index contributed by atoms with van der Waals surface area (Å²) in [5, 5.41) is 14.7. The van der Waals surface area contributed by atoms with Gasteiger partial charge in [0.15, 0.2) is 5.84 Å². The standard InChI is InChI=1S/C14H27N3O4/c1-11-9-14(10-11,12(15)17-19)13(18)16-5-3-4-6-21-8-7-20-2/h11,19H,3-10H2,1-2H3,(H2,15,17)(H,16,18). The van der Waals surface area contributed by atoms with Crippen LogP contribution in [0.5, 0.6) is 0 Å². The summed E-state index contributed by atoms with van der Waals surface area (Å²) >= 11 is 0. The largest absolute Gasteiger partial charge is 0.409 e. The molecule has 1 rings (SSSR count). The van der Waals surface area contributed by atoms with Crippen molar-refractivity contribution in [2.24, 2.45) is 22.2 Å². The monoisotopic (exact) mass is 301 g/mol. The minimum atomic E-state index is -0.816. The number of rotatable bonds is 10. The van der Waals surface area contributed by atoms with Crippen LogP contribution in [-0.2, 0) is 14.3 Å². The summed E-state index contributed by atoms with van der Waals surface area (Å²) in [7, 11) is 1.64. The number of nitrogens with two attached hydrogens (primary N) is 1. The molecule has 0 aromatic carbocycles. The van der Waals surface area contributed by atoms with E-state index >= 15 is 0 Å². The Morgan fingerprint density at radius 2 is 2.10 bits per heavy atom. The molecule has 4 N–H and O–H groups in total. The lowest BCUT2D eigenvalue weighted by Gasteiger charge is -2.43. The van der Waals surface area contributed by atoms with Crippen molar-refractivity contribution in [2.75, 3.05) is 33.5 Å². The van der Waals surface area contributed by atoms with E-state index in [9.17, 15) is 4.79 Å². The zero-order chi connectivity index (χ0) is 15.7. The van der Waals surface area contributed by atoms with Crippen molar-refractivity contribution in [1.82, 2.24) is 5.32 Å². The van der Waals surface area contributed by atoms with Crippen LogP contribution in [0.15, 0.2) is 5.16 Å². The van der Waals surface area contributed by atoms with E-state index in [1.807, 2.05) is 6.92 Å². The SMILES string of the molecule is COCCOCCCCNC(=O)C1(C(N)=NO)CC(C)C1. The predicted octanol–water partition coefficient (Wildman–Crippen LogP) is 0.709. The molecule has 0 bridgehead atoms. The topological polar surface area (TPSA) is 106 Å². The summed E-state index contributed by atoms with van der Waals surface area (Å²) in [5.74, 6) is 0.294. The van der Waals surface area contributed by atoms with Crippen molar-refractivity contribution in [3.63, 3.8) is 0 Å². The first-order valence-corrected chi connectivity index (χ1v) is 7.40. The van der Waals surface area contributed by atoms with E-state index in [0.29, 0.717) is 45.1 Å². The highest BCUT2D eigenvalue weighted by atomic mass is 16.5. The van der Waals surface area contributed by atoms with Crippen LogP contribution in [0.3, 0.4) is 0 Å². The summed E-state index contributed by atoms with van der Waals surface area (Å²) in [5.41, 5.74) is 4.87. The number of unbranched alkanes of at least 4 members (excludes halogenated alkanes) is 1. The second-order valence-corrected chi connectivity index (χ2v) is 5.65. The third kappa shape index (κ3) is 4.86. The molecule has 1 saturated carbocycles. The predicted molar refractivity (Wildman–Crippen MR) is 79.2 cm³/mol. The maximum Gasteiger partial charge on any atom is 0.233 e. The molecule has 122 valence electrons. The van der Waals surface area contributed by atoms with Gasteiger partial charge in [0.05, 0.1) is 13.2 Å². The van der Waals surface area contributed by atoms with Crippen molar-refractivity contribution in [3.8, 4) is 0 Å². The van der Waals surface area contributed by atoms with E-state index in [4.69, 9.17) is 20.4 Å². The lowest BCUT2D eigenvalue weighted by atomic mass is 9.61. The Morgan fingerprint density at radius 3 is 2.67 bits per heavy atom. The molecule has 1 aliphatic rings. The van der Waals surface area contributed by atoms with Gasteiger partial charge in [-0.3, -0.25) is 4.79 Å². The third-order valence-electron chi connectivity index (χ3n) is 3.86. The van der Waals surface area contributed by atoms with Gasteiger partial charge in [-0.05, 0) is 31.6 Å². The molecular formula is C14H27N3O4. The van der Waals surface area contributed by atoms with E-state index in [1.54, 1.807) is 7.11 Å². The van der Waals surface area contributed by atoms with E-state index in [2.05, 4.69) is 10.5 Å². The van der Waals surface area contributed by atoms with Gasteiger partial charge in [0.2, 0.25) is 5.91 Å². The molecule has 0 aliphatic heterocycles. The van der Waals surface area contributed by atoms with Crippen LogP contribution in [0.25, 0.3) is 0 Å². The number of oxime groups is 1. The van der Waals surface area contributed by atoms with E-state index < -0.39 is 5.41 Å². The Labute approximate surface area is 125 Å². The molecule has 7 nitrogen and oxygen atoms in total. The molecule has 0 atom stereocenters. The molecule has 0 aromatic heterocycles. The molecule has 0 unspecified atom stereocenters. The minimum absolute atomic E-state index is 0.0148. The van der Waals surface area contributed by atoms with Crippen LogP contribution in [0.2, 0.25) is 0 Å². The Balaban J connectivity index is 2.21. The number of nitrogens with zero attached hydrogens (tertiary/aromatic N) is 1. The van der Waals surface area contributed by atoms with Gasteiger partial charge >= 0.3 is 0 Å². The number of amidine groups is 1. The highest BCUT2D eigenvalue weighted by Crippen LogP contribution is 2.45. The molecule has 0 spiro atoms. The normalized spacial score (nSPS) is 25.4. The minimum Gasteiger partial charge on any atom is -0.409 e. The fourth-order valence-corrected chi connectivity index (χ4v) is 2.68. The van der Waals surface area contributed by atoms with Crippen LogP contribution in [0.1, 0.15) is 32.6 Å². The fraction of sp³-hybridized carbons (Fsp3) is 0.857. The molecule has 1 fully saturated rings. The molecule has 0 heterocycles. The van der Waals surface area contributed by atoms with Crippen molar-refractivity contribution in [3.05, 3.63) is 0 Å². The summed E-state index contributed by atoms with van der Waals surface area (Å²) < 4.78 is 10.2. The van der Waals surface area contributed by atoms with Gasteiger partial charge < -0.3 is 25.7 Å². The summed E-state index contributed by atoms with van der Waals surface area (Å²) in [6.07, 6.45) is 2.97. The molecule has 7 heteroatoms. The smallest absolute Gasteiger partial charge is 0.233 e. The highest BCUT2D eigenvalue weighted by molar-refractivity contribution is 6.07. The van der Waals surface area contributed by atoms with Crippen molar-refractivity contribution in [2.45, 2.75) is 32.6 Å². The molecule has 1 amide bonds. The first-order chi connectivity index (χ1) is 10.1. The van der Waals surface area contributed by atoms with Crippen molar-refractivity contribution in [1.29, 1.82) is 0 Å². The average molecular weight is 301 g/mol. The van der Waals surface area contributed by atoms with Gasteiger partial charge in [-0.25, -0.2) is 0 Å². The lowest BCUT2D eigenvalue weighted by molar-refractivity contribution is -0.133. The fourth-order valence-electron chi connectivity index (χ4n) is 2.68. The van der Waals surface area contributed by atoms with E-state index in [1.165, 1.54) is 0 Å². The van der Waals surface area contributed by atoms with Gasteiger partial charge in [0.25, 0.3) is 0 Å². The Morgan fingerprint density at radius 1 is 1.38 bits per heavy atom. The first-order valence-electron chi connectivity index (χ1n) is 7.40. The molecule has 0 saturated heterocycles. The van der Waals surface area contributed by atoms with E-state index in [0.717, 1.165) is 12.8 Å². The van der Waals surface area contributed by atoms with Crippen molar-refractivity contribution < 1.29 is 19.5 Å². The third-order valence-corrected chi connectivity index (χ3v) is 3.86. The zero-order valence-electron chi connectivity index (χ0n) is 12.9. The highest BCUT2D eigenvalue weighted by Gasteiger charge is 2.51. The second kappa shape index (κ2) is 8.84. The number of nitrogens with one attached hydrogen (secondary N) is 1. The Kier molecular flexibility index (Phi) is 7.45. The van der Waals surface area contributed by atoms with Crippen LogP contribution in [0, 0.1) is 11.3 Å². The molecule has 21 heavy (non-hydrogen) atoms. The maximum atomic E-state index is 12.2. The van der Waals surface area contributed by atoms with E-state index in [-0.39, 0.29) is 11.7 Å². The molecular weight excluding hydrogens is 274 g/mol. The number of methoxy groups -OCH3 is 1. The van der Waals surface area contributed by atoms with Gasteiger partial charge in [0, 0.05) is 20.3 Å². The number of carbonyl (C=O) groups excluding carboxylic acids is 1. The number of ether oxygens (including phenoxy) is 2. The number of hydrogen-bond donors (Lipinski definition) is 3. The summed E-state index contributed by atoms with van der Waals surface area (Å²) in [4.78, 5) is 12.2. The van der Waals surface area contributed by atoms with Gasteiger partial charge in [-0.1, -0.05) is 12.1 Å². The van der Waals surface area contributed by atoms with Gasteiger partial charge in [-0.15, -0.1) is 0 Å². The molecule has 1 aliphatic carbocycles. The zero-order valence-corrected chi connectivity index (χ0v) is 12.9. The van der Waals surface area contributed by atoms with Crippen LogP contribution in [0.4, 0.5) is 0 Å². The Bertz CT molecular complexity index is 354. The molecule has 0 aromatic rings. The average Bonchev–Trinajstić information content (AvgIpc) is 2.45. The van der Waals surface area contributed by atoms with Gasteiger partial charge in [0.1, 0.15) is 5.41 Å². The summed E-state index contributed by atoms with van der Waals surface area (Å²) in [6, 6.07) is 0. The van der Waals surface area contributed by atoms with Crippen LogP contribution >= 0.6 is 0 Å². The number of carbonyl (C=O) groups is 1. The second-order valence-electron chi connectivity index (χ2n) is 5.65. The van der Waals surface area contributed by atoms with Crippen molar-refractivity contribution >= 4 is 11.7 Å². The Hall–Kier alpha value is -1.34.